The van der Waals surface area contributed by atoms with Gasteiger partial charge in [0.1, 0.15) is 4.83 Å². The van der Waals surface area contributed by atoms with E-state index < -0.39 is 0 Å². The van der Waals surface area contributed by atoms with Crippen molar-refractivity contribution in [3.63, 3.8) is 0 Å². The molecule has 6 heteroatoms. The van der Waals surface area contributed by atoms with Crippen LogP contribution >= 0.6 is 11.3 Å². The van der Waals surface area contributed by atoms with Crippen LogP contribution in [0.25, 0.3) is 10.2 Å². The van der Waals surface area contributed by atoms with E-state index in [0.717, 1.165) is 4.68 Å². The Balaban J connectivity index is 3.05. The maximum absolute atomic E-state index is 11.3. The highest BCUT2D eigenvalue weighted by molar-refractivity contribution is 7.16. The van der Waals surface area contributed by atoms with Crippen molar-refractivity contribution in [3.8, 4) is 0 Å². The van der Waals surface area contributed by atoms with Crippen LogP contribution in [0.5, 0.6) is 0 Å². The van der Waals surface area contributed by atoms with E-state index in [4.69, 9.17) is 11.6 Å². The lowest BCUT2D eigenvalue weighted by atomic mass is 10.4. The van der Waals surface area contributed by atoms with Gasteiger partial charge in [-0.1, -0.05) is 0 Å². The Kier molecular flexibility index (Phi) is 1.31. The first-order valence-corrected chi connectivity index (χ1v) is 4.09. The summed E-state index contributed by atoms with van der Waals surface area (Å²) < 4.78 is 0.842. The Morgan fingerprint density at radius 2 is 2.33 bits per heavy atom. The number of hydrogen-bond acceptors (Lipinski definition) is 5. The van der Waals surface area contributed by atoms with Gasteiger partial charge in [-0.3, -0.25) is 4.79 Å². The highest BCUT2D eigenvalue weighted by atomic mass is 32.1. The van der Waals surface area contributed by atoms with Gasteiger partial charge in [-0.2, -0.15) is 4.68 Å². The average Bonchev–Trinajstić information content (AvgIpc) is 2.48. The number of nitrogens with zero attached hydrogens (tertiary/aromatic N) is 2. The van der Waals surface area contributed by atoms with E-state index in [9.17, 15) is 4.79 Å². The highest BCUT2D eigenvalue weighted by Gasteiger charge is 2.05. The van der Waals surface area contributed by atoms with Gasteiger partial charge in [-0.15, -0.1) is 11.3 Å². The van der Waals surface area contributed by atoms with Crippen molar-refractivity contribution in [2.24, 2.45) is 0 Å². The van der Waals surface area contributed by atoms with Crippen molar-refractivity contribution in [2.75, 3.05) is 11.6 Å². The van der Waals surface area contributed by atoms with Crippen LogP contribution in [0.1, 0.15) is 0 Å². The van der Waals surface area contributed by atoms with Gasteiger partial charge in [0.15, 0.2) is 0 Å². The molecule has 0 unspecified atom stereocenters. The van der Waals surface area contributed by atoms with Gasteiger partial charge in [0, 0.05) is 0 Å². The van der Waals surface area contributed by atoms with Crippen LogP contribution in [0.15, 0.2) is 16.2 Å². The smallest absolute Gasteiger partial charge is 0.282 e. The number of nitrogens with two attached hydrogens (primary N) is 2. The first-order chi connectivity index (χ1) is 5.70. The second-order valence-corrected chi connectivity index (χ2v) is 3.18. The third kappa shape index (κ3) is 0.782. The maximum atomic E-state index is 11.3. The minimum Gasteiger partial charge on any atom is -0.368 e. The zero-order valence-electron chi connectivity index (χ0n) is 6.02. The van der Waals surface area contributed by atoms with E-state index in [1.54, 1.807) is 11.4 Å². The van der Waals surface area contributed by atoms with Crippen LogP contribution in [0.3, 0.4) is 0 Å². The summed E-state index contributed by atoms with van der Waals surface area (Å²) in [7, 11) is 0. The summed E-state index contributed by atoms with van der Waals surface area (Å²) in [6.45, 7) is 0. The molecule has 62 valence electrons. The minimum absolute atomic E-state index is 0.0370. The molecule has 0 atom stereocenters. The molecular formula is C6H6N4OS. The SMILES string of the molecule is Nc1nc2sccc2c(=O)n1N. The van der Waals surface area contributed by atoms with Crippen molar-refractivity contribution in [2.45, 2.75) is 0 Å². The highest BCUT2D eigenvalue weighted by Crippen LogP contribution is 2.14. The summed E-state index contributed by atoms with van der Waals surface area (Å²) in [5, 5.41) is 2.29. The molecule has 0 aliphatic heterocycles. The van der Waals surface area contributed by atoms with Crippen LogP contribution < -0.4 is 17.1 Å². The molecule has 2 aromatic heterocycles. The largest absolute Gasteiger partial charge is 0.368 e. The minimum atomic E-state index is -0.307. The number of aromatic nitrogens is 2. The molecule has 5 nitrogen and oxygen atoms in total. The van der Waals surface area contributed by atoms with Gasteiger partial charge < -0.3 is 11.6 Å². The molecule has 0 amide bonds. The molecule has 0 aliphatic rings. The zero-order valence-corrected chi connectivity index (χ0v) is 6.84. The standard InChI is InChI=1S/C6H6N4OS/c7-6-9-4-3(1-2-12-4)5(11)10(6)8/h1-2H,8H2,(H2,7,9). The Morgan fingerprint density at radius 1 is 1.58 bits per heavy atom. The monoisotopic (exact) mass is 182 g/mol. The Bertz CT molecular complexity index is 486. The number of nitrogen functional groups attached to an aromatic ring is 2. The molecule has 2 heterocycles. The topological polar surface area (TPSA) is 86.9 Å². The summed E-state index contributed by atoms with van der Waals surface area (Å²) in [6, 6.07) is 1.68. The second kappa shape index (κ2) is 2.21. The van der Waals surface area contributed by atoms with E-state index in [1.807, 2.05) is 0 Å². The molecule has 12 heavy (non-hydrogen) atoms. The molecule has 0 bridgehead atoms. The predicted molar refractivity (Wildman–Crippen MR) is 48.4 cm³/mol. The quantitative estimate of drug-likeness (QED) is 0.550. The van der Waals surface area contributed by atoms with Gasteiger partial charge in [-0.05, 0) is 11.4 Å². The van der Waals surface area contributed by atoms with Crippen LogP contribution in [0.4, 0.5) is 5.95 Å². The van der Waals surface area contributed by atoms with Crippen molar-refractivity contribution in [1.29, 1.82) is 0 Å². The molecular weight excluding hydrogens is 176 g/mol. The predicted octanol–water partition coefficient (Wildman–Crippen LogP) is -0.246. The maximum Gasteiger partial charge on any atom is 0.282 e. The molecule has 2 rings (SSSR count). The normalized spacial score (nSPS) is 10.7. The number of thiophene rings is 1. The van der Waals surface area contributed by atoms with Crippen LogP contribution in [-0.4, -0.2) is 9.66 Å². The lowest BCUT2D eigenvalue weighted by Gasteiger charge is -1.99. The van der Waals surface area contributed by atoms with Gasteiger partial charge >= 0.3 is 0 Å². The summed E-state index contributed by atoms with van der Waals surface area (Å²) in [5.41, 5.74) is 5.07. The molecule has 0 radical (unpaired) electrons. The molecule has 0 saturated heterocycles. The molecule has 0 aliphatic carbocycles. The molecule has 0 aromatic carbocycles. The molecule has 0 spiro atoms. The third-order valence-corrected chi connectivity index (χ3v) is 2.36. The molecule has 2 aromatic rings. The van der Waals surface area contributed by atoms with Crippen molar-refractivity contribution in [1.82, 2.24) is 9.66 Å². The number of anilines is 1. The summed E-state index contributed by atoms with van der Waals surface area (Å²) in [6.07, 6.45) is 0. The van der Waals surface area contributed by atoms with Crippen LogP contribution in [-0.2, 0) is 0 Å². The third-order valence-electron chi connectivity index (χ3n) is 1.56. The fourth-order valence-electron chi connectivity index (χ4n) is 0.942. The zero-order chi connectivity index (χ0) is 8.72. The lowest BCUT2D eigenvalue weighted by molar-refractivity contribution is 0.936. The van der Waals surface area contributed by atoms with E-state index in [0.29, 0.717) is 10.2 Å². The first kappa shape index (κ1) is 7.11. The lowest BCUT2D eigenvalue weighted by Crippen LogP contribution is -2.30. The van der Waals surface area contributed by atoms with Crippen LogP contribution in [0, 0.1) is 0 Å². The number of rotatable bonds is 0. The first-order valence-electron chi connectivity index (χ1n) is 3.21. The fraction of sp³-hybridized carbons (Fsp3) is 0. The Labute approximate surface area is 71.2 Å². The van der Waals surface area contributed by atoms with Crippen LogP contribution in [0.2, 0.25) is 0 Å². The fourth-order valence-corrected chi connectivity index (χ4v) is 1.70. The Hall–Kier alpha value is -1.56. The molecule has 0 saturated carbocycles. The van der Waals surface area contributed by atoms with E-state index >= 15 is 0 Å². The Morgan fingerprint density at radius 3 is 3.08 bits per heavy atom. The summed E-state index contributed by atoms with van der Waals surface area (Å²) in [4.78, 5) is 15.9. The number of hydrogen-bond donors (Lipinski definition) is 2. The van der Waals surface area contributed by atoms with Crippen molar-refractivity contribution in [3.05, 3.63) is 21.8 Å². The van der Waals surface area contributed by atoms with Crippen molar-refractivity contribution < 1.29 is 0 Å². The second-order valence-electron chi connectivity index (χ2n) is 2.28. The average molecular weight is 182 g/mol. The van der Waals surface area contributed by atoms with E-state index in [1.165, 1.54) is 11.3 Å². The van der Waals surface area contributed by atoms with E-state index in [-0.39, 0.29) is 11.5 Å². The van der Waals surface area contributed by atoms with Gasteiger partial charge in [0.25, 0.3) is 5.56 Å². The van der Waals surface area contributed by atoms with Gasteiger partial charge in [-0.25, -0.2) is 4.98 Å². The van der Waals surface area contributed by atoms with E-state index in [2.05, 4.69) is 4.98 Å². The van der Waals surface area contributed by atoms with Gasteiger partial charge in [0.2, 0.25) is 5.95 Å². The molecule has 0 fully saturated rings. The summed E-state index contributed by atoms with van der Waals surface area (Å²) in [5.74, 6) is 5.37. The van der Waals surface area contributed by atoms with Gasteiger partial charge in [0.05, 0.1) is 5.39 Å². The molecule has 4 N–H and O–H groups in total. The summed E-state index contributed by atoms with van der Waals surface area (Å²) >= 11 is 1.36. The van der Waals surface area contributed by atoms with Crippen molar-refractivity contribution >= 4 is 27.5 Å². The number of fused-ring (bicyclic) bond motifs is 1.